The molecule has 4 aromatic rings. The third kappa shape index (κ3) is 4.10. The van der Waals surface area contributed by atoms with Crippen LogP contribution in [-0.2, 0) is 0 Å². The van der Waals surface area contributed by atoms with E-state index in [0.29, 0.717) is 39.8 Å². The monoisotopic (exact) mass is 398 g/mol. The molecule has 0 saturated heterocycles. The van der Waals surface area contributed by atoms with Crippen LogP contribution in [-0.4, -0.2) is 15.8 Å². The highest BCUT2D eigenvalue weighted by Crippen LogP contribution is 2.31. The predicted molar refractivity (Wildman–Crippen MR) is 114 cm³/mol. The Hall–Kier alpha value is -3.86. The Morgan fingerprint density at radius 3 is 2.23 bits per heavy atom. The number of halogens is 1. The van der Waals surface area contributed by atoms with E-state index in [-0.39, 0.29) is 11.6 Å². The molecule has 0 aliphatic carbocycles. The zero-order chi connectivity index (χ0) is 21.1. The molecule has 0 aliphatic heterocycles. The molecule has 1 aromatic heterocycles. The van der Waals surface area contributed by atoms with Crippen LogP contribution in [0.4, 0.5) is 4.39 Å². The Morgan fingerprint density at radius 2 is 1.53 bits per heavy atom. The second-order valence-electron chi connectivity index (χ2n) is 6.86. The van der Waals surface area contributed by atoms with E-state index in [4.69, 9.17) is 4.74 Å². The van der Waals surface area contributed by atoms with Gasteiger partial charge in [0.05, 0.1) is 17.0 Å². The van der Waals surface area contributed by atoms with Gasteiger partial charge in [0.1, 0.15) is 17.3 Å². The van der Waals surface area contributed by atoms with Crippen LogP contribution in [0.25, 0.3) is 22.6 Å². The van der Waals surface area contributed by atoms with Crippen molar-refractivity contribution < 1.29 is 13.9 Å². The van der Waals surface area contributed by atoms with Crippen LogP contribution in [0.2, 0.25) is 0 Å². The fourth-order valence-electron chi connectivity index (χ4n) is 3.26. The number of aromatic nitrogens is 2. The topological polar surface area (TPSA) is 52.1 Å². The summed E-state index contributed by atoms with van der Waals surface area (Å²) < 4.78 is 19.2. The lowest BCUT2D eigenvalue weighted by Gasteiger charge is -2.13. The molecule has 4 rings (SSSR count). The Balaban J connectivity index is 1.81. The van der Waals surface area contributed by atoms with E-state index in [1.807, 2.05) is 54.6 Å². The smallest absolute Gasteiger partial charge is 0.163 e. The summed E-state index contributed by atoms with van der Waals surface area (Å²) in [5.74, 6) is 1.33. The normalized spacial score (nSPS) is 10.6. The molecule has 4 nitrogen and oxygen atoms in total. The second-order valence-corrected chi connectivity index (χ2v) is 6.86. The molecule has 1 heterocycles. The van der Waals surface area contributed by atoms with Crippen molar-refractivity contribution in [1.29, 1.82) is 0 Å². The first-order valence-corrected chi connectivity index (χ1v) is 9.50. The number of nitrogens with zero attached hydrogens (tertiary/aromatic N) is 2. The number of hydrogen-bond donors (Lipinski definition) is 0. The van der Waals surface area contributed by atoms with Gasteiger partial charge < -0.3 is 4.74 Å². The molecule has 0 spiro atoms. The van der Waals surface area contributed by atoms with Crippen LogP contribution in [0.5, 0.6) is 11.5 Å². The molecule has 0 saturated carbocycles. The van der Waals surface area contributed by atoms with E-state index in [0.717, 1.165) is 5.56 Å². The minimum Gasteiger partial charge on any atom is -0.457 e. The maximum absolute atomic E-state index is 13.3. The first-order valence-electron chi connectivity index (χ1n) is 9.50. The Labute approximate surface area is 174 Å². The summed E-state index contributed by atoms with van der Waals surface area (Å²) in [5, 5.41) is 0. The van der Waals surface area contributed by atoms with Gasteiger partial charge in [0.2, 0.25) is 0 Å². The van der Waals surface area contributed by atoms with Crippen LogP contribution < -0.4 is 4.74 Å². The highest BCUT2D eigenvalue weighted by atomic mass is 19.1. The van der Waals surface area contributed by atoms with Gasteiger partial charge in [0, 0.05) is 11.1 Å². The van der Waals surface area contributed by atoms with Crippen molar-refractivity contribution in [3.8, 4) is 34.1 Å². The lowest BCUT2D eigenvalue weighted by molar-refractivity contribution is 0.101. The highest BCUT2D eigenvalue weighted by Gasteiger charge is 2.18. The van der Waals surface area contributed by atoms with E-state index in [2.05, 4.69) is 9.97 Å². The lowest BCUT2D eigenvalue weighted by atomic mass is 10.0. The number of benzene rings is 3. The number of aryl methyl sites for hydroxylation is 1. The van der Waals surface area contributed by atoms with Gasteiger partial charge >= 0.3 is 0 Å². The minimum absolute atomic E-state index is 0.123. The SMILES string of the molecule is CC(=O)c1c(C)nc(-c2ccc(F)cc2)nc1-c1cccc(Oc2ccccc2)c1. The van der Waals surface area contributed by atoms with Crippen molar-refractivity contribution >= 4 is 5.78 Å². The number of Topliss-reactive ketones (excluding diaryl/α,β-unsaturated/α-hetero) is 1. The van der Waals surface area contributed by atoms with Crippen molar-refractivity contribution in [1.82, 2.24) is 9.97 Å². The maximum Gasteiger partial charge on any atom is 0.163 e. The number of ether oxygens (including phenoxy) is 1. The minimum atomic E-state index is -0.332. The van der Waals surface area contributed by atoms with E-state index in [1.54, 1.807) is 19.1 Å². The molecule has 0 fully saturated rings. The van der Waals surface area contributed by atoms with Gasteiger partial charge in [-0.3, -0.25) is 4.79 Å². The lowest BCUT2D eigenvalue weighted by Crippen LogP contribution is -2.07. The van der Waals surface area contributed by atoms with Crippen molar-refractivity contribution in [2.75, 3.05) is 0 Å². The van der Waals surface area contributed by atoms with Gasteiger partial charge in [0.25, 0.3) is 0 Å². The van der Waals surface area contributed by atoms with Gasteiger partial charge in [-0.25, -0.2) is 14.4 Å². The van der Waals surface area contributed by atoms with Gasteiger partial charge in [-0.1, -0.05) is 30.3 Å². The van der Waals surface area contributed by atoms with Crippen molar-refractivity contribution in [3.63, 3.8) is 0 Å². The van der Waals surface area contributed by atoms with Crippen LogP contribution in [0.3, 0.4) is 0 Å². The van der Waals surface area contributed by atoms with Crippen LogP contribution in [0.15, 0.2) is 78.9 Å². The predicted octanol–water partition coefficient (Wildman–Crippen LogP) is 6.25. The summed E-state index contributed by atoms with van der Waals surface area (Å²) in [5.41, 5.74) is 2.96. The van der Waals surface area contributed by atoms with Gasteiger partial charge in [-0.15, -0.1) is 0 Å². The van der Waals surface area contributed by atoms with Crippen LogP contribution in [0.1, 0.15) is 23.0 Å². The van der Waals surface area contributed by atoms with Crippen LogP contribution >= 0.6 is 0 Å². The molecule has 0 N–H and O–H groups in total. The second kappa shape index (κ2) is 8.25. The summed E-state index contributed by atoms with van der Waals surface area (Å²) in [6.45, 7) is 3.27. The fraction of sp³-hybridized carbons (Fsp3) is 0.0800. The van der Waals surface area contributed by atoms with Gasteiger partial charge in [-0.05, 0) is 62.4 Å². The molecule has 0 radical (unpaired) electrons. The summed E-state index contributed by atoms with van der Waals surface area (Å²) in [6, 6.07) is 22.8. The van der Waals surface area contributed by atoms with Gasteiger partial charge in [-0.2, -0.15) is 0 Å². The first-order chi connectivity index (χ1) is 14.5. The number of carbonyl (C=O) groups is 1. The molecule has 0 atom stereocenters. The third-order valence-corrected chi connectivity index (χ3v) is 4.63. The first kappa shape index (κ1) is 19.5. The molecular formula is C25H19FN2O2. The third-order valence-electron chi connectivity index (χ3n) is 4.63. The van der Waals surface area contributed by atoms with Crippen molar-refractivity contribution in [2.45, 2.75) is 13.8 Å². The standard InChI is InChI=1S/C25H19FN2O2/c1-16-23(17(2)29)24(28-25(27-16)18-11-13-20(26)14-12-18)19-7-6-10-22(15-19)30-21-8-4-3-5-9-21/h3-15H,1-2H3. The zero-order valence-corrected chi connectivity index (χ0v) is 16.6. The van der Waals surface area contributed by atoms with Crippen molar-refractivity contribution in [3.05, 3.63) is 95.9 Å². The number of carbonyl (C=O) groups excluding carboxylic acids is 1. The molecule has 3 aromatic carbocycles. The van der Waals surface area contributed by atoms with Crippen LogP contribution in [0, 0.1) is 12.7 Å². The van der Waals surface area contributed by atoms with Crippen molar-refractivity contribution in [2.24, 2.45) is 0 Å². The molecule has 0 bridgehead atoms. The summed E-state index contributed by atoms with van der Waals surface area (Å²) in [6.07, 6.45) is 0. The van der Waals surface area contributed by atoms with E-state index < -0.39 is 0 Å². The maximum atomic E-state index is 13.3. The number of hydrogen-bond acceptors (Lipinski definition) is 4. The number of ketones is 1. The van der Waals surface area contributed by atoms with E-state index in [1.165, 1.54) is 19.1 Å². The quantitative estimate of drug-likeness (QED) is 0.373. The highest BCUT2D eigenvalue weighted by molar-refractivity contribution is 6.01. The number of para-hydroxylation sites is 1. The molecule has 0 unspecified atom stereocenters. The molecule has 0 aliphatic rings. The van der Waals surface area contributed by atoms with Gasteiger partial charge in [0.15, 0.2) is 11.6 Å². The Kier molecular flexibility index (Phi) is 5.35. The van der Waals surface area contributed by atoms with E-state index >= 15 is 0 Å². The fourth-order valence-corrected chi connectivity index (χ4v) is 3.26. The average Bonchev–Trinajstić information content (AvgIpc) is 2.74. The van der Waals surface area contributed by atoms with E-state index in [9.17, 15) is 9.18 Å². The summed E-state index contributed by atoms with van der Waals surface area (Å²) in [7, 11) is 0. The molecule has 30 heavy (non-hydrogen) atoms. The Morgan fingerprint density at radius 1 is 0.833 bits per heavy atom. The zero-order valence-electron chi connectivity index (χ0n) is 16.6. The molecule has 5 heteroatoms. The summed E-state index contributed by atoms with van der Waals surface area (Å²) in [4.78, 5) is 21.5. The molecule has 148 valence electrons. The molecular weight excluding hydrogens is 379 g/mol. The largest absolute Gasteiger partial charge is 0.457 e. The number of rotatable bonds is 5. The Bertz CT molecular complexity index is 1210. The molecule has 0 amide bonds. The summed E-state index contributed by atoms with van der Waals surface area (Å²) >= 11 is 0. The average molecular weight is 398 g/mol.